The lowest BCUT2D eigenvalue weighted by molar-refractivity contribution is -0.125. The number of hydrogen-bond acceptors (Lipinski definition) is 4. The van der Waals surface area contributed by atoms with Gasteiger partial charge in [-0.3, -0.25) is 9.59 Å². The Morgan fingerprint density at radius 2 is 1.89 bits per heavy atom. The van der Waals surface area contributed by atoms with Crippen LogP contribution in [-0.2, 0) is 9.59 Å². The highest BCUT2D eigenvalue weighted by Gasteiger charge is 2.56. The normalized spacial score (nSPS) is 25.1. The van der Waals surface area contributed by atoms with Crippen LogP contribution in [0.25, 0.3) is 0 Å². The molecule has 2 N–H and O–H groups in total. The van der Waals surface area contributed by atoms with Crippen LogP contribution < -0.4 is 15.7 Å². The van der Waals surface area contributed by atoms with E-state index in [1.54, 1.807) is 0 Å². The van der Waals surface area contributed by atoms with Crippen molar-refractivity contribution in [1.82, 2.24) is 15.7 Å². The summed E-state index contributed by atoms with van der Waals surface area (Å²) in [4.78, 5) is 22.9. The predicted octanol–water partition coefficient (Wildman–Crippen LogP) is 0.621. The molecule has 1 aliphatic heterocycles. The lowest BCUT2D eigenvalue weighted by Crippen LogP contribution is -2.56. The average molecular weight is 382 g/mol. The molecule has 6 nitrogen and oxygen atoms in total. The molecule has 1 atom stereocenters. The molecule has 7 heteroatoms. The molecule has 1 unspecified atom stereocenters. The van der Waals surface area contributed by atoms with Crippen LogP contribution in [0.15, 0.2) is 0 Å². The Morgan fingerprint density at radius 3 is 2.32 bits per heavy atom. The molecule has 0 saturated carbocycles. The highest BCUT2D eigenvalue weighted by atomic mass is 127. The molecular formula is C12H21IN3O3. The SMILES string of the molecule is CC1(C)CC(NC(=O)CNC(=O)CI)C(C)(C)[N+]1[O-]. The van der Waals surface area contributed by atoms with Gasteiger partial charge >= 0.3 is 0 Å². The van der Waals surface area contributed by atoms with Gasteiger partial charge in [0.15, 0.2) is 5.54 Å². The average Bonchev–Trinajstić information content (AvgIpc) is 2.47. The zero-order valence-electron chi connectivity index (χ0n) is 11.7. The number of rotatable bonds is 4. The fourth-order valence-electron chi connectivity index (χ4n) is 2.45. The number of carbonyl (C=O) groups excluding carboxylic acids is 2. The lowest BCUT2D eigenvalue weighted by Gasteiger charge is -2.33. The molecule has 2 amide bonds. The Balaban J connectivity index is 2.58. The van der Waals surface area contributed by atoms with Crippen molar-refractivity contribution in [2.24, 2.45) is 0 Å². The van der Waals surface area contributed by atoms with Gasteiger partial charge in [-0.2, -0.15) is 5.06 Å². The fraction of sp³-hybridized carbons (Fsp3) is 0.833. The quantitative estimate of drug-likeness (QED) is 0.324. The second kappa shape index (κ2) is 5.92. The molecule has 1 saturated heterocycles. The Labute approximate surface area is 127 Å². The molecular weight excluding hydrogens is 361 g/mol. The summed E-state index contributed by atoms with van der Waals surface area (Å²) in [5, 5.41) is 18.5. The third kappa shape index (κ3) is 3.79. The summed E-state index contributed by atoms with van der Waals surface area (Å²) in [5.41, 5.74) is -1.14. The monoisotopic (exact) mass is 382 g/mol. The van der Waals surface area contributed by atoms with E-state index < -0.39 is 11.1 Å². The third-order valence-corrected chi connectivity index (χ3v) is 4.23. The van der Waals surface area contributed by atoms with Crippen LogP contribution in [-0.4, -0.2) is 39.9 Å². The van der Waals surface area contributed by atoms with Gasteiger partial charge in [0.05, 0.1) is 17.0 Å². The van der Waals surface area contributed by atoms with E-state index in [1.165, 1.54) is 0 Å². The Morgan fingerprint density at radius 1 is 1.32 bits per heavy atom. The van der Waals surface area contributed by atoms with E-state index in [0.29, 0.717) is 10.8 Å². The van der Waals surface area contributed by atoms with E-state index in [-0.39, 0.29) is 24.4 Å². The number of hydroxylamine groups is 2. The summed E-state index contributed by atoms with van der Waals surface area (Å²) >= 11 is 1.93. The van der Waals surface area contributed by atoms with Gasteiger partial charge in [-0.05, 0) is 27.7 Å². The molecule has 109 valence electrons. The van der Waals surface area contributed by atoms with Gasteiger partial charge in [0.25, 0.3) is 0 Å². The zero-order chi connectivity index (χ0) is 14.8. The summed E-state index contributed by atoms with van der Waals surface area (Å²) in [6, 6.07) is -0.219. The van der Waals surface area contributed by atoms with Crippen LogP contribution in [0.4, 0.5) is 0 Å². The minimum atomic E-state index is -0.646. The van der Waals surface area contributed by atoms with Crippen LogP contribution in [0.2, 0.25) is 0 Å². The molecule has 19 heavy (non-hydrogen) atoms. The van der Waals surface area contributed by atoms with Crippen LogP contribution >= 0.6 is 22.6 Å². The first-order valence-electron chi connectivity index (χ1n) is 6.21. The van der Waals surface area contributed by atoms with Gasteiger partial charge < -0.3 is 15.8 Å². The van der Waals surface area contributed by atoms with Gasteiger partial charge in [0.1, 0.15) is 5.54 Å². The Bertz CT molecular complexity index is 371. The number of hydrogen-bond donors (Lipinski definition) is 2. The van der Waals surface area contributed by atoms with Crippen molar-refractivity contribution in [3.05, 3.63) is 5.21 Å². The predicted molar refractivity (Wildman–Crippen MR) is 82.1 cm³/mol. The van der Waals surface area contributed by atoms with Crippen molar-refractivity contribution in [2.75, 3.05) is 11.0 Å². The van der Waals surface area contributed by atoms with Crippen LogP contribution in [0.5, 0.6) is 0 Å². The number of amides is 2. The molecule has 0 bridgehead atoms. The topological polar surface area (TPSA) is 87.2 Å². The minimum absolute atomic E-state index is 0.0479. The molecule has 0 spiro atoms. The van der Waals surface area contributed by atoms with Gasteiger partial charge in [-0.1, -0.05) is 22.6 Å². The van der Waals surface area contributed by atoms with E-state index in [9.17, 15) is 14.8 Å². The summed E-state index contributed by atoms with van der Waals surface area (Å²) in [6.45, 7) is 7.33. The van der Waals surface area contributed by atoms with Gasteiger partial charge in [-0.15, -0.1) is 0 Å². The first-order chi connectivity index (χ1) is 8.61. The Kier molecular flexibility index (Phi) is 5.19. The number of alkyl halides is 1. The van der Waals surface area contributed by atoms with Crippen molar-refractivity contribution >= 4 is 34.4 Å². The molecule has 0 aliphatic carbocycles. The van der Waals surface area contributed by atoms with Crippen LogP contribution in [0, 0.1) is 5.21 Å². The van der Waals surface area contributed by atoms with Crippen molar-refractivity contribution in [3.63, 3.8) is 0 Å². The first-order valence-corrected chi connectivity index (χ1v) is 7.73. The molecule has 0 aromatic rings. The van der Waals surface area contributed by atoms with Crippen molar-refractivity contribution in [1.29, 1.82) is 0 Å². The number of nitrogens with one attached hydrogen (secondary N) is 2. The maximum atomic E-state index is 12.1. The van der Waals surface area contributed by atoms with Gasteiger partial charge in [0, 0.05) is 6.42 Å². The molecule has 0 aromatic carbocycles. The zero-order valence-corrected chi connectivity index (χ0v) is 13.9. The van der Waals surface area contributed by atoms with E-state index in [4.69, 9.17) is 0 Å². The van der Waals surface area contributed by atoms with Crippen molar-refractivity contribution in [3.8, 4) is 0 Å². The summed E-state index contributed by atoms with van der Waals surface area (Å²) < 4.78 is 0.321. The summed E-state index contributed by atoms with van der Waals surface area (Å²) in [6.07, 6.45) is 0.593. The fourth-order valence-corrected chi connectivity index (χ4v) is 2.72. The van der Waals surface area contributed by atoms with Gasteiger partial charge in [-0.25, -0.2) is 0 Å². The standard InChI is InChI=1S/C12H21IN3O3/c1-11(2)5-8(12(3,4)16(11)19)15-10(18)7-14-9(17)6-13/h8H,5-7H2,1-4H3,(H,14,17)(H,15,18). The molecule has 0 aromatic heterocycles. The molecule has 1 rings (SSSR count). The summed E-state index contributed by atoms with van der Waals surface area (Å²) in [7, 11) is 0. The molecule has 1 fully saturated rings. The number of halogens is 1. The van der Waals surface area contributed by atoms with Crippen molar-refractivity contribution in [2.45, 2.75) is 51.2 Å². The second-order valence-corrected chi connectivity index (χ2v) is 6.76. The summed E-state index contributed by atoms with van der Waals surface area (Å²) in [5.74, 6) is -0.436. The largest absolute Gasteiger partial charge is 0.581 e. The Hall–Kier alpha value is -0.410. The van der Waals surface area contributed by atoms with Crippen molar-refractivity contribution < 1.29 is 9.59 Å². The van der Waals surface area contributed by atoms with Crippen LogP contribution in [0.3, 0.4) is 0 Å². The first kappa shape index (κ1) is 16.6. The van der Waals surface area contributed by atoms with Gasteiger partial charge in [0.2, 0.25) is 11.8 Å². The maximum absolute atomic E-state index is 12.1. The lowest BCUT2D eigenvalue weighted by atomic mass is 9.94. The van der Waals surface area contributed by atoms with E-state index in [1.807, 2.05) is 50.3 Å². The highest BCUT2D eigenvalue weighted by molar-refractivity contribution is 14.1. The minimum Gasteiger partial charge on any atom is -0.581 e. The maximum Gasteiger partial charge on any atom is 0.239 e. The highest BCUT2D eigenvalue weighted by Crippen LogP contribution is 2.37. The number of carbonyl (C=O) groups is 2. The second-order valence-electron chi connectivity index (χ2n) is 6.00. The van der Waals surface area contributed by atoms with Crippen LogP contribution in [0.1, 0.15) is 34.1 Å². The molecule has 1 aliphatic rings. The van der Waals surface area contributed by atoms with E-state index in [0.717, 1.165) is 5.06 Å². The smallest absolute Gasteiger partial charge is 0.239 e. The van der Waals surface area contributed by atoms with E-state index >= 15 is 0 Å². The third-order valence-electron chi connectivity index (χ3n) is 3.53. The molecule has 1 heterocycles. The molecule has 1 radical (unpaired) electrons. The number of nitrogens with zero attached hydrogens (tertiary/aromatic N) is 1. The van der Waals surface area contributed by atoms with E-state index in [2.05, 4.69) is 10.6 Å².